The molecule has 1 aromatic carbocycles. The lowest BCUT2D eigenvalue weighted by molar-refractivity contribution is 0.311. The van der Waals surface area contributed by atoms with E-state index in [1.54, 1.807) is 24.4 Å². The number of nitrogens with zero attached hydrogens (tertiary/aromatic N) is 4. The van der Waals surface area contributed by atoms with E-state index in [9.17, 15) is 13.7 Å². The molecule has 2 heterocycles. The minimum absolute atomic E-state index is 0.171. The predicted octanol–water partition coefficient (Wildman–Crippen LogP) is 4.09. The lowest BCUT2D eigenvalue weighted by atomic mass is 10.0. The normalized spacial score (nSPS) is 11.2. The summed E-state index contributed by atoms with van der Waals surface area (Å²) in [6.07, 6.45) is 2.58. The third kappa shape index (κ3) is 4.95. The molecule has 9 heteroatoms. The van der Waals surface area contributed by atoms with Crippen LogP contribution in [0.25, 0.3) is 11.1 Å². The van der Waals surface area contributed by atoms with Crippen LogP contribution in [0.3, 0.4) is 0 Å². The first-order valence-corrected chi connectivity index (χ1v) is 11.4. The second-order valence-corrected chi connectivity index (χ2v) is 9.07. The zero-order chi connectivity index (χ0) is 22.8. The Morgan fingerprint density at radius 3 is 2.39 bits per heavy atom. The molecule has 0 aliphatic heterocycles. The Labute approximate surface area is 186 Å². The number of hydrogen-bond acceptors (Lipinski definition) is 6. The van der Waals surface area contributed by atoms with E-state index < -0.39 is 10.1 Å². The number of rotatable bonds is 6. The van der Waals surface area contributed by atoms with Gasteiger partial charge in [0.1, 0.15) is 11.2 Å². The van der Waals surface area contributed by atoms with Crippen LogP contribution in [-0.2, 0) is 27.5 Å². The van der Waals surface area contributed by atoms with Gasteiger partial charge in [0.05, 0.1) is 30.1 Å². The molecule has 0 atom stereocenters. The Kier molecular flexibility index (Phi) is 6.47. The van der Waals surface area contributed by atoms with Crippen molar-refractivity contribution in [2.75, 3.05) is 6.26 Å². The third-order valence-corrected chi connectivity index (χ3v) is 5.82. The van der Waals surface area contributed by atoms with Crippen molar-refractivity contribution < 1.29 is 12.6 Å². The van der Waals surface area contributed by atoms with E-state index in [1.807, 2.05) is 30.5 Å². The summed E-state index contributed by atoms with van der Waals surface area (Å²) in [7, 11) is -3.61. The molecular weight excluding hydrogens is 436 g/mol. The van der Waals surface area contributed by atoms with Crippen molar-refractivity contribution in [3.63, 3.8) is 0 Å². The van der Waals surface area contributed by atoms with Crippen molar-refractivity contribution in [2.24, 2.45) is 0 Å². The SMILES string of the molecule is Cc1c(C#N)c(-c2ccc(C#N)cc2)c(C)n1Cc1cnc(Cl)c(COS(C)(=O)=O)c1. The van der Waals surface area contributed by atoms with Crippen molar-refractivity contribution in [3.05, 3.63) is 75.3 Å². The fourth-order valence-electron chi connectivity index (χ4n) is 3.41. The molecule has 3 aromatic rings. The first-order valence-electron chi connectivity index (χ1n) is 9.22. The summed E-state index contributed by atoms with van der Waals surface area (Å²) in [5.74, 6) is 0. The smallest absolute Gasteiger partial charge is 0.264 e. The van der Waals surface area contributed by atoms with E-state index in [-0.39, 0.29) is 11.8 Å². The molecule has 31 heavy (non-hydrogen) atoms. The van der Waals surface area contributed by atoms with Gasteiger partial charge in [-0.05, 0) is 43.2 Å². The summed E-state index contributed by atoms with van der Waals surface area (Å²) in [5, 5.41) is 19.0. The number of halogens is 1. The summed E-state index contributed by atoms with van der Waals surface area (Å²) >= 11 is 6.09. The average Bonchev–Trinajstić information content (AvgIpc) is 2.97. The Balaban J connectivity index is 2.00. The summed E-state index contributed by atoms with van der Waals surface area (Å²) in [6, 6.07) is 13.2. The van der Waals surface area contributed by atoms with Crippen LogP contribution in [0, 0.1) is 36.5 Å². The van der Waals surface area contributed by atoms with Gasteiger partial charge in [0.15, 0.2) is 0 Å². The third-order valence-electron chi connectivity index (χ3n) is 4.94. The highest BCUT2D eigenvalue weighted by Crippen LogP contribution is 2.33. The number of hydrogen-bond donors (Lipinski definition) is 0. The molecule has 0 aliphatic carbocycles. The van der Waals surface area contributed by atoms with Gasteiger partial charge in [0, 0.05) is 35.3 Å². The average molecular weight is 455 g/mol. The van der Waals surface area contributed by atoms with Crippen molar-refractivity contribution in [1.29, 1.82) is 10.5 Å². The minimum Gasteiger partial charge on any atom is -0.343 e. The van der Waals surface area contributed by atoms with Gasteiger partial charge in [0.25, 0.3) is 10.1 Å². The number of benzene rings is 1. The van der Waals surface area contributed by atoms with E-state index in [2.05, 4.69) is 17.1 Å². The zero-order valence-corrected chi connectivity index (χ0v) is 18.8. The van der Waals surface area contributed by atoms with Gasteiger partial charge in [-0.25, -0.2) is 4.98 Å². The van der Waals surface area contributed by atoms with E-state index in [0.717, 1.165) is 34.3 Å². The topological polar surface area (TPSA) is 109 Å². The van der Waals surface area contributed by atoms with Gasteiger partial charge in [-0.15, -0.1) is 0 Å². The molecule has 0 N–H and O–H groups in total. The van der Waals surface area contributed by atoms with Crippen molar-refractivity contribution in [1.82, 2.24) is 9.55 Å². The van der Waals surface area contributed by atoms with Gasteiger partial charge >= 0.3 is 0 Å². The van der Waals surface area contributed by atoms with Gasteiger partial charge in [0.2, 0.25) is 0 Å². The predicted molar refractivity (Wildman–Crippen MR) is 117 cm³/mol. The van der Waals surface area contributed by atoms with Gasteiger partial charge in [-0.2, -0.15) is 18.9 Å². The first-order chi connectivity index (χ1) is 14.6. The Morgan fingerprint density at radius 2 is 1.81 bits per heavy atom. The fourth-order valence-corrected chi connectivity index (χ4v) is 3.90. The van der Waals surface area contributed by atoms with E-state index in [1.165, 1.54) is 0 Å². The van der Waals surface area contributed by atoms with Gasteiger partial charge in [-0.1, -0.05) is 23.7 Å². The number of nitriles is 2. The quantitative estimate of drug-likeness (QED) is 0.410. The molecule has 0 fully saturated rings. The highest BCUT2D eigenvalue weighted by atomic mass is 35.5. The molecule has 0 bridgehead atoms. The minimum atomic E-state index is -3.61. The van der Waals surface area contributed by atoms with E-state index >= 15 is 0 Å². The largest absolute Gasteiger partial charge is 0.343 e. The van der Waals surface area contributed by atoms with Crippen LogP contribution in [0.15, 0.2) is 36.5 Å². The highest BCUT2D eigenvalue weighted by Gasteiger charge is 2.19. The van der Waals surface area contributed by atoms with Crippen molar-refractivity contribution >= 4 is 21.7 Å². The molecule has 7 nitrogen and oxygen atoms in total. The Hall–Kier alpha value is -3.17. The monoisotopic (exact) mass is 454 g/mol. The molecule has 0 aliphatic rings. The molecule has 0 saturated carbocycles. The molecule has 0 saturated heterocycles. The van der Waals surface area contributed by atoms with Gasteiger partial charge in [-0.3, -0.25) is 4.18 Å². The molecular formula is C22H19ClN4O3S. The maximum Gasteiger partial charge on any atom is 0.264 e. The summed E-state index contributed by atoms with van der Waals surface area (Å²) in [5.41, 5.74) is 5.70. The second kappa shape index (κ2) is 8.91. The Morgan fingerprint density at radius 1 is 1.13 bits per heavy atom. The highest BCUT2D eigenvalue weighted by molar-refractivity contribution is 7.85. The Bertz CT molecular complexity index is 1330. The van der Waals surface area contributed by atoms with Crippen LogP contribution < -0.4 is 0 Å². The zero-order valence-electron chi connectivity index (χ0n) is 17.2. The lowest BCUT2D eigenvalue weighted by Crippen LogP contribution is -2.07. The molecule has 158 valence electrons. The van der Waals surface area contributed by atoms with Crippen molar-refractivity contribution in [3.8, 4) is 23.3 Å². The van der Waals surface area contributed by atoms with Crippen LogP contribution in [0.2, 0.25) is 5.15 Å². The molecule has 0 amide bonds. The van der Waals surface area contributed by atoms with E-state index in [4.69, 9.17) is 21.0 Å². The molecule has 0 unspecified atom stereocenters. The van der Waals surface area contributed by atoms with Crippen LogP contribution in [-0.4, -0.2) is 24.2 Å². The second-order valence-electron chi connectivity index (χ2n) is 7.07. The summed E-state index contributed by atoms with van der Waals surface area (Å²) in [4.78, 5) is 4.14. The maximum absolute atomic E-state index is 11.3. The lowest BCUT2D eigenvalue weighted by Gasteiger charge is -2.12. The van der Waals surface area contributed by atoms with Crippen LogP contribution in [0.1, 0.15) is 33.6 Å². The van der Waals surface area contributed by atoms with Crippen LogP contribution in [0.5, 0.6) is 0 Å². The fraction of sp³-hybridized carbons (Fsp3) is 0.227. The summed E-state index contributed by atoms with van der Waals surface area (Å²) in [6.45, 7) is 4.01. The maximum atomic E-state index is 11.3. The van der Waals surface area contributed by atoms with Gasteiger partial charge < -0.3 is 4.57 Å². The van der Waals surface area contributed by atoms with Crippen LogP contribution >= 0.6 is 11.6 Å². The molecule has 3 rings (SSSR count). The molecule has 0 radical (unpaired) electrons. The number of pyridine rings is 1. The summed E-state index contributed by atoms with van der Waals surface area (Å²) < 4.78 is 29.4. The standard InChI is InChI=1S/C22H19ClN4O3S/c1-14-20(10-25)21(18-6-4-16(9-24)5-7-18)15(2)27(14)12-17-8-19(22(23)26-11-17)13-30-31(3,28)29/h4-8,11H,12-13H2,1-3H3. The molecule has 0 spiro atoms. The van der Waals surface area contributed by atoms with Crippen LogP contribution in [0.4, 0.5) is 0 Å². The van der Waals surface area contributed by atoms with Crippen molar-refractivity contribution in [2.45, 2.75) is 27.0 Å². The first kappa shape index (κ1) is 22.5. The molecule has 2 aromatic heterocycles. The number of aromatic nitrogens is 2. The van der Waals surface area contributed by atoms with E-state index in [0.29, 0.717) is 23.2 Å².